The molecule has 0 aliphatic rings. The van der Waals surface area contributed by atoms with Crippen molar-refractivity contribution >= 4 is 11.7 Å². The number of rotatable bonds is 5. The second-order valence-corrected chi connectivity index (χ2v) is 4.20. The van der Waals surface area contributed by atoms with Crippen molar-refractivity contribution in [2.24, 2.45) is 5.92 Å². The van der Waals surface area contributed by atoms with Gasteiger partial charge in [-0.1, -0.05) is 13.0 Å². The van der Waals surface area contributed by atoms with Crippen LogP contribution in [-0.4, -0.2) is 17.6 Å². The molecule has 0 radical (unpaired) electrons. The average molecular weight is 221 g/mol. The van der Waals surface area contributed by atoms with Gasteiger partial charge in [0, 0.05) is 12.2 Å². The lowest BCUT2D eigenvalue weighted by Gasteiger charge is -2.13. The van der Waals surface area contributed by atoms with Gasteiger partial charge in [0.05, 0.1) is 5.92 Å². The van der Waals surface area contributed by atoms with Crippen LogP contribution in [0.25, 0.3) is 0 Å². The number of carboxylic acid groups (broad SMARTS) is 1. The Morgan fingerprint density at radius 3 is 2.31 bits per heavy atom. The molecule has 0 saturated carbocycles. The van der Waals surface area contributed by atoms with E-state index in [9.17, 15) is 4.79 Å². The highest BCUT2D eigenvalue weighted by atomic mass is 16.4. The molecule has 3 heteroatoms. The van der Waals surface area contributed by atoms with Gasteiger partial charge in [-0.3, -0.25) is 4.79 Å². The topological polar surface area (TPSA) is 49.3 Å². The molecule has 88 valence electrons. The average Bonchev–Trinajstić information content (AvgIpc) is 2.16. The van der Waals surface area contributed by atoms with E-state index in [0.717, 1.165) is 5.69 Å². The SMILES string of the molecule is CCC(CNc1cc(C)cc(C)c1)C(=O)O. The van der Waals surface area contributed by atoms with E-state index in [0.29, 0.717) is 13.0 Å². The fourth-order valence-corrected chi connectivity index (χ4v) is 1.72. The number of aryl methyl sites for hydroxylation is 2. The van der Waals surface area contributed by atoms with Crippen LogP contribution in [0.3, 0.4) is 0 Å². The van der Waals surface area contributed by atoms with Crippen LogP contribution in [0.5, 0.6) is 0 Å². The van der Waals surface area contributed by atoms with Crippen LogP contribution >= 0.6 is 0 Å². The Kier molecular flexibility index (Phi) is 4.35. The summed E-state index contributed by atoms with van der Waals surface area (Å²) in [6, 6.07) is 6.16. The van der Waals surface area contributed by atoms with Crippen LogP contribution < -0.4 is 5.32 Å². The lowest BCUT2D eigenvalue weighted by Crippen LogP contribution is -2.22. The van der Waals surface area contributed by atoms with E-state index in [1.807, 2.05) is 32.9 Å². The molecule has 2 N–H and O–H groups in total. The Labute approximate surface area is 96.5 Å². The molecular formula is C13H19NO2. The Morgan fingerprint density at radius 1 is 1.31 bits per heavy atom. The molecule has 0 aliphatic carbocycles. The Morgan fingerprint density at radius 2 is 1.88 bits per heavy atom. The molecule has 0 aromatic heterocycles. The molecule has 0 aliphatic heterocycles. The van der Waals surface area contributed by atoms with Gasteiger partial charge in [0.2, 0.25) is 0 Å². The third-order valence-corrected chi connectivity index (χ3v) is 2.62. The lowest BCUT2D eigenvalue weighted by atomic mass is 10.1. The number of hydrogen-bond donors (Lipinski definition) is 2. The number of anilines is 1. The fourth-order valence-electron chi connectivity index (χ4n) is 1.72. The minimum absolute atomic E-state index is 0.319. The van der Waals surface area contributed by atoms with E-state index in [-0.39, 0.29) is 5.92 Å². The predicted octanol–water partition coefficient (Wildman–Crippen LogP) is 2.83. The van der Waals surface area contributed by atoms with Gasteiger partial charge >= 0.3 is 5.97 Å². The van der Waals surface area contributed by atoms with Gasteiger partial charge in [-0.15, -0.1) is 0 Å². The van der Waals surface area contributed by atoms with Gasteiger partial charge in [-0.2, -0.15) is 0 Å². The van der Waals surface area contributed by atoms with Crippen molar-refractivity contribution in [3.05, 3.63) is 29.3 Å². The Hall–Kier alpha value is -1.51. The summed E-state index contributed by atoms with van der Waals surface area (Å²) in [6.45, 7) is 6.44. The van der Waals surface area contributed by atoms with Gasteiger partial charge in [-0.25, -0.2) is 0 Å². The smallest absolute Gasteiger partial charge is 0.308 e. The summed E-state index contributed by atoms with van der Waals surface area (Å²) >= 11 is 0. The second-order valence-electron chi connectivity index (χ2n) is 4.20. The minimum Gasteiger partial charge on any atom is -0.481 e. The molecule has 3 nitrogen and oxygen atoms in total. The van der Waals surface area contributed by atoms with Gasteiger partial charge in [0.15, 0.2) is 0 Å². The number of carboxylic acids is 1. The molecule has 16 heavy (non-hydrogen) atoms. The highest BCUT2D eigenvalue weighted by Crippen LogP contribution is 2.14. The Balaban J connectivity index is 2.63. The normalized spacial score (nSPS) is 12.2. The largest absolute Gasteiger partial charge is 0.481 e. The van der Waals surface area contributed by atoms with Crippen LogP contribution in [0, 0.1) is 19.8 Å². The molecule has 0 fully saturated rings. The van der Waals surface area contributed by atoms with Gasteiger partial charge in [-0.05, 0) is 43.5 Å². The molecule has 1 atom stereocenters. The highest BCUT2D eigenvalue weighted by molar-refractivity contribution is 5.70. The first-order valence-electron chi connectivity index (χ1n) is 5.58. The molecule has 0 spiro atoms. The second kappa shape index (κ2) is 5.54. The van der Waals surface area contributed by atoms with Crippen molar-refractivity contribution < 1.29 is 9.90 Å². The molecule has 1 aromatic carbocycles. The maximum atomic E-state index is 10.8. The minimum atomic E-state index is -0.737. The quantitative estimate of drug-likeness (QED) is 0.803. The molecule has 1 aromatic rings. The molecule has 0 amide bonds. The molecule has 0 saturated heterocycles. The first-order chi connectivity index (χ1) is 7.52. The van der Waals surface area contributed by atoms with Crippen LogP contribution in [0.15, 0.2) is 18.2 Å². The zero-order valence-electron chi connectivity index (χ0n) is 10.1. The monoisotopic (exact) mass is 221 g/mol. The van der Waals surface area contributed by atoms with E-state index in [2.05, 4.69) is 11.4 Å². The van der Waals surface area contributed by atoms with E-state index in [1.54, 1.807) is 0 Å². The summed E-state index contributed by atoms with van der Waals surface area (Å²) in [5.41, 5.74) is 3.37. The third-order valence-electron chi connectivity index (χ3n) is 2.62. The van der Waals surface area contributed by atoms with E-state index >= 15 is 0 Å². The molecule has 1 unspecified atom stereocenters. The number of nitrogens with one attached hydrogen (secondary N) is 1. The molecule has 0 bridgehead atoms. The summed E-state index contributed by atoms with van der Waals surface area (Å²) < 4.78 is 0. The maximum Gasteiger partial charge on any atom is 0.308 e. The summed E-state index contributed by atoms with van der Waals surface area (Å²) in [5.74, 6) is -1.06. The van der Waals surface area contributed by atoms with Crippen molar-refractivity contribution in [3.8, 4) is 0 Å². The first-order valence-corrected chi connectivity index (χ1v) is 5.58. The van der Waals surface area contributed by atoms with Crippen molar-refractivity contribution in [3.63, 3.8) is 0 Å². The van der Waals surface area contributed by atoms with Crippen molar-refractivity contribution in [1.29, 1.82) is 0 Å². The van der Waals surface area contributed by atoms with Gasteiger partial charge < -0.3 is 10.4 Å². The van der Waals surface area contributed by atoms with E-state index in [1.165, 1.54) is 11.1 Å². The summed E-state index contributed by atoms with van der Waals surface area (Å²) in [7, 11) is 0. The number of carbonyl (C=O) groups is 1. The molecule has 1 rings (SSSR count). The van der Waals surface area contributed by atoms with Crippen LogP contribution in [-0.2, 0) is 4.79 Å². The van der Waals surface area contributed by atoms with Crippen molar-refractivity contribution in [2.45, 2.75) is 27.2 Å². The van der Waals surface area contributed by atoms with Crippen LogP contribution in [0.2, 0.25) is 0 Å². The van der Waals surface area contributed by atoms with Gasteiger partial charge in [0.25, 0.3) is 0 Å². The van der Waals surface area contributed by atoms with E-state index < -0.39 is 5.97 Å². The summed E-state index contributed by atoms with van der Waals surface area (Å²) in [6.07, 6.45) is 0.646. The van der Waals surface area contributed by atoms with Crippen LogP contribution in [0.1, 0.15) is 24.5 Å². The van der Waals surface area contributed by atoms with Crippen molar-refractivity contribution in [2.75, 3.05) is 11.9 Å². The zero-order valence-corrected chi connectivity index (χ0v) is 10.1. The highest BCUT2D eigenvalue weighted by Gasteiger charge is 2.14. The third kappa shape index (κ3) is 3.57. The predicted molar refractivity (Wildman–Crippen MR) is 65.8 cm³/mol. The zero-order chi connectivity index (χ0) is 12.1. The number of benzene rings is 1. The van der Waals surface area contributed by atoms with E-state index in [4.69, 9.17) is 5.11 Å². The maximum absolute atomic E-state index is 10.8. The lowest BCUT2D eigenvalue weighted by molar-refractivity contribution is -0.141. The number of aliphatic carboxylic acids is 1. The summed E-state index contributed by atoms with van der Waals surface area (Å²) in [4.78, 5) is 10.8. The summed E-state index contributed by atoms with van der Waals surface area (Å²) in [5, 5.41) is 12.1. The first kappa shape index (κ1) is 12.6. The standard InChI is InChI=1S/C13H19NO2/c1-4-11(13(15)16)8-14-12-6-9(2)5-10(3)7-12/h5-7,11,14H,4,8H2,1-3H3,(H,15,16). The Bertz CT molecular complexity index is 354. The number of hydrogen-bond acceptors (Lipinski definition) is 2. The van der Waals surface area contributed by atoms with Crippen LogP contribution in [0.4, 0.5) is 5.69 Å². The van der Waals surface area contributed by atoms with Crippen molar-refractivity contribution in [1.82, 2.24) is 0 Å². The molecular weight excluding hydrogens is 202 g/mol. The molecule has 0 heterocycles. The fraction of sp³-hybridized carbons (Fsp3) is 0.462. The van der Waals surface area contributed by atoms with Gasteiger partial charge in [0.1, 0.15) is 0 Å².